The van der Waals surface area contributed by atoms with Crippen LogP contribution in [0.4, 0.5) is 0 Å². The number of likely N-dealkylation sites (N-methyl/N-ethyl adjacent to an activating group) is 2. The van der Waals surface area contributed by atoms with Gasteiger partial charge in [-0.2, -0.15) is 0 Å². The average Bonchev–Trinajstić information content (AvgIpc) is 2.29. The van der Waals surface area contributed by atoms with Crippen LogP contribution in [0.2, 0.25) is 0 Å². The molecule has 1 aromatic carbocycles. The van der Waals surface area contributed by atoms with Crippen LogP contribution in [0.3, 0.4) is 0 Å². The van der Waals surface area contributed by atoms with Crippen molar-refractivity contribution in [3.63, 3.8) is 0 Å². The second-order valence-corrected chi connectivity index (χ2v) is 4.23. The molecule has 0 spiro atoms. The third-order valence-electron chi connectivity index (χ3n) is 2.80. The van der Waals surface area contributed by atoms with E-state index in [1.807, 2.05) is 19.2 Å². The van der Waals surface area contributed by atoms with Gasteiger partial charge in [0.05, 0.1) is 7.11 Å². The molecule has 1 N–H and O–H groups in total. The number of hydrogen-bond donors (Lipinski definition) is 1. The molecule has 3 nitrogen and oxygen atoms in total. The molecule has 90 valence electrons. The first-order valence-electron chi connectivity index (χ1n) is 5.61. The summed E-state index contributed by atoms with van der Waals surface area (Å²) < 4.78 is 5.15. The molecule has 0 fully saturated rings. The van der Waals surface area contributed by atoms with E-state index in [4.69, 9.17) is 4.74 Å². The van der Waals surface area contributed by atoms with Gasteiger partial charge in [0.15, 0.2) is 0 Å². The highest BCUT2D eigenvalue weighted by atomic mass is 16.5. The second-order valence-electron chi connectivity index (χ2n) is 4.23. The minimum atomic E-state index is 0.526. The third-order valence-corrected chi connectivity index (χ3v) is 2.80. The lowest BCUT2D eigenvalue weighted by atomic mass is 10.1. The summed E-state index contributed by atoms with van der Waals surface area (Å²) in [5.41, 5.74) is 1.34. The van der Waals surface area contributed by atoms with Crippen molar-refractivity contribution in [1.82, 2.24) is 10.2 Å². The smallest absolute Gasteiger partial charge is 0.118 e. The van der Waals surface area contributed by atoms with Crippen LogP contribution in [0.25, 0.3) is 0 Å². The average molecular weight is 222 g/mol. The van der Waals surface area contributed by atoms with Crippen LogP contribution in [0.5, 0.6) is 5.75 Å². The summed E-state index contributed by atoms with van der Waals surface area (Å²) in [5, 5.41) is 3.23. The summed E-state index contributed by atoms with van der Waals surface area (Å²) in [4.78, 5) is 2.25. The van der Waals surface area contributed by atoms with Crippen LogP contribution in [0.15, 0.2) is 24.3 Å². The first kappa shape index (κ1) is 13.0. The molecule has 0 radical (unpaired) electrons. The van der Waals surface area contributed by atoms with Crippen LogP contribution in [-0.4, -0.2) is 45.7 Å². The Morgan fingerprint density at radius 1 is 1.25 bits per heavy atom. The van der Waals surface area contributed by atoms with Gasteiger partial charge in [-0.3, -0.25) is 0 Å². The first-order valence-corrected chi connectivity index (χ1v) is 5.61. The van der Waals surface area contributed by atoms with Gasteiger partial charge in [0.1, 0.15) is 5.75 Å². The van der Waals surface area contributed by atoms with Crippen molar-refractivity contribution < 1.29 is 4.74 Å². The van der Waals surface area contributed by atoms with Gasteiger partial charge in [0.2, 0.25) is 0 Å². The van der Waals surface area contributed by atoms with Gasteiger partial charge >= 0.3 is 0 Å². The van der Waals surface area contributed by atoms with E-state index in [0.29, 0.717) is 6.04 Å². The molecule has 0 saturated carbocycles. The van der Waals surface area contributed by atoms with Crippen LogP contribution in [0, 0.1) is 0 Å². The predicted molar refractivity (Wildman–Crippen MR) is 68.1 cm³/mol. The molecule has 0 aliphatic carbocycles. The molecule has 1 aromatic rings. The van der Waals surface area contributed by atoms with E-state index < -0.39 is 0 Å². The number of benzene rings is 1. The summed E-state index contributed by atoms with van der Waals surface area (Å²) in [5.74, 6) is 0.916. The van der Waals surface area contributed by atoms with E-state index >= 15 is 0 Å². The molecule has 0 saturated heterocycles. The molecule has 0 aliphatic rings. The zero-order valence-electron chi connectivity index (χ0n) is 10.7. The maximum absolute atomic E-state index is 5.15. The molecule has 1 atom stereocenters. The number of nitrogens with one attached hydrogen (secondary N) is 1. The molecule has 0 aromatic heterocycles. The van der Waals surface area contributed by atoms with Crippen LogP contribution < -0.4 is 10.1 Å². The fourth-order valence-corrected chi connectivity index (χ4v) is 1.71. The van der Waals surface area contributed by atoms with E-state index in [-0.39, 0.29) is 0 Å². The molecule has 1 rings (SSSR count). The number of hydrogen-bond acceptors (Lipinski definition) is 3. The standard InChI is InChI=1S/C13H22N2O/c1-14-10-12(15(2)3)9-11-5-7-13(16-4)8-6-11/h5-8,12,14H,9-10H2,1-4H3/t12-/m0/s1. The molecule has 0 heterocycles. The Labute approximate surface area is 98.4 Å². The quantitative estimate of drug-likeness (QED) is 0.787. The molecule has 0 unspecified atom stereocenters. The zero-order chi connectivity index (χ0) is 12.0. The largest absolute Gasteiger partial charge is 0.497 e. The van der Waals surface area contributed by atoms with Crippen LogP contribution >= 0.6 is 0 Å². The topological polar surface area (TPSA) is 24.5 Å². The zero-order valence-corrected chi connectivity index (χ0v) is 10.7. The lowest BCUT2D eigenvalue weighted by Crippen LogP contribution is -2.38. The fourth-order valence-electron chi connectivity index (χ4n) is 1.71. The number of methoxy groups -OCH3 is 1. The van der Waals surface area contributed by atoms with E-state index in [1.165, 1.54) is 5.56 Å². The third kappa shape index (κ3) is 3.83. The lowest BCUT2D eigenvalue weighted by Gasteiger charge is -2.24. The molecular weight excluding hydrogens is 200 g/mol. The SMILES string of the molecule is CNC[C@H](Cc1ccc(OC)cc1)N(C)C. The fraction of sp³-hybridized carbons (Fsp3) is 0.538. The number of ether oxygens (including phenoxy) is 1. The Morgan fingerprint density at radius 3 is 2.31 bits per heavy atom. The Balaban J connectivity index is 2.62. The van der Waals surface area contributed by atoms with Gasteiger partial charge in [-0.05, 0) is 45.3 Å². The Bertz CT molecular complexity index is 295. The minimum Gasteiger partial charge on any atom is -0.497 e. The highest BCUT2D eigenvalue weighted by molar-refractivity contribution is 5.27. The lowest BCUT2D eigenvalue weighted by molar-refractivity contribution is 0.286. The van der Waals surface area contributed by atoms with Crippen molar-refractivity contribution in [3.05, 3.63) is 29.8 Å². The van der Waals surface area contributed by atoms with Crippen LogP contribution in [-0.2, 0) is 6.42 Å². The summed E-state index contributed by atoms with van der Waals surface area (Å²) in [6.45, 7) is 0.999. The molecule has 0 amide bonds. The van der Waals surface area contributed by atoms with Gasteiger partial charge in [-0.15, -0.1) is 0 Å². The molecule has 0 aliphatic heterocycles. The summed E-state index contributed by atoms with van der Waals surface area (Å²) in [6.07, 6.45) is 1.05. The number of nitrogens with zero attached hydrogens (tertiary/aromatic N) is 1. The van der Waals surface area contributed by atoms with Gasteiger partial charge < -0.3 is 15.0 Å². The maximum Gasteiger partial charge on any atom is 0.118 e. The first-order chi connectivity index (χ1) is 7.67. The molecule has 3 heteroatoms. The molecular formula is C13H22N2O. The van der Waals surface area contributed by atoms with Crippen molar-refractivity contribution in [2.24, 2.45) is 0 Å². The summed E-state index contributed by atoms with van der Waals surface area (Å²) in [7, 11) is 7.92. The van der Waals surface area contributed by atoms with Gasteiger partial charge in [-0.25, -0.2) is 0 Å². The van der Waals surface area contributed by atoms with Gasteiger partial charge in [0, 0.05) is 12.6 Å². The van der Waals surface area contributed by atoms with E-state index in [9.17, 15) is 0 Å². The second kappa shape index (κ2) is 6.51. The Morgan fingerprint density at radius 2 is 1.88 bits per heavy atom. The van der Waals surface area contributed by atoms with E-state index in [0.717, 1.165) is 18.7 Å². The van der Waals surface area contributed by atoms with E-state index in [2.05, 4.69) is 36.4 Å². The minimum absolute atomic E-state index is 0.526. The highest BCUT2D eigenvalue weighted by Gasteiger charge is 2.10. The highest BCUT2D eigenvalue weighted by Crippen LogP contribution is 2.13. The van der Waals surface area contributed by atoms with Crippen molar-refractivity contribution in [2.45, 2.75) is 12.5 Å². The van der Waals surface area contributed by atoms with E-state index in [1.54, 1.807) is 7.11 Å². The normalized spacial score (nSPS) is 12.8. The van der Waals surface area contributed by atoms with Crippen molar-refractivity contribution in [3.8, 4) is 5.75 Å². The molecule has 16 heavy (non-hydrogen) atoms. The Kier molecular flexibility index (Phi) is 5.29. The van der Waals surface area contributed by atoms with Crippen molar-refractivity contribution in [2.75, 3.05) is 34.8 Å². The maximum atomic E-state index is 5.15. The number of rotatable bonds is 6. The van der Waals surface area contributed by atoms with Crippen LogP contribution in [0.1, 0.15) is 5.56 Å². The van der Waals surface area contributed by atoms with Gasteiger partial charge in [-0.1, -0.05) is 12.1 Å². The molecule has 0 bridgehead atoms. The predicted octanol–water partition coefficient (Wildman–Crippen LogP) is 1.39. The van der Waals surface area contributed by atoms with Crippen molar-refractivity contribution >= 4 is 0 Å². The summed E-state index contributed by atoms with van der Waals surface area (Å²) >= 11 is 0. The van der Waals surface area contributed by atoms with Crippen molar-refractivity contribution in [1.29, 1.82) is 0 Å². The monoisotopic (exact) mass is 222 g/mol. The van der Waals surface area contributed by atoms with Gasteiger partial charge in [0.25, 0.3) is 0 Å². The summed E-state index contributed by atoms with van der Waals surface area (Å²) in [6, 6.07) is 8.82. The Hall–Kier alpha value is -1.06.